The second kappa shape index (κ2) is 6.17. The van der Waals surface area contributed by atoms with E-state index in [4.69, 9.17) is 5.11 Å². The average molecular weight is 239 g/mol. The van der Waals surface area contributed by atoms with Crippen molar-refractivity contribution in [3.05, 3.63) is 29.8 Å². The van der Waals surface area contributed by atoms with E-state index in [2.05, 4.69) is 5.32 Å². The highest BCUT2D eigenvalue weighted by atomic mass is 32.2. The molecule has 0 aliphatic rings. The monoisotopic (exact) mass is 239 g/mol. The lowest BCUT2D eigenvalue weighted by Crippen LogP contribution is -2.10. The van der Waals surface area contributed by atoms with Crippen molar-refractivity contribution in [2.24, 2.45) is 0 Å². The lowest BCUT2D eigenvalue weighted by atomic mass is 10.2. The summed E-state index contributed by atoms with van der Waals surface area (Å²) in [5.41, 5.74) is 0.441. The Morgan fingerprint density at radius 2 is 2.06 bits per heavy atom. The number of anilines is 1. The van der Waals surface area contributed by atoms with Crippen LogP contribution in [0.2, 0.25) is 0 Å². The lowest BCUT2D eigenvalue weighted by molar-refractivity contribution is 0.0698. The molecule has 16 heavy (non-hydrogen) atoms. The molecule has 0 fully saturated rings. The van der Waals surface area contributed by atoms with Gasteiger partial charge in [-0.05, 0) is 18.6 Å². The van der Waals surface area contributed by atoms with Crippen LogP contribution in [0.15, 0.2) is 24.3 Å². The average Bonchev–Trinajstić information content (AvgIpc) is 2.27. The van der Waals surface area contributed by atoms with E-state index >= 15 is 0 Å². The standard InChI is InChI=1S/C11H13NO3S/c1-2-7-16-11(15)12-9-6-4-3-5-8(9)10(13)14/h3-6H,2,7H2,1H3,(H,12,15)(H,13,14). The minimum Gasteiger partial charge on any atom is -0.478 e. The molecule has 0 radical (unpaired) electrons. The predicted octanol–water partition coefficient (Wildman–Crippen LogP) is 3.06. The number of thioether (sulfide) groups is 1. The number of amides is 1. The van der Waals surface area contributed by atoms with Crippen LogP contribution in [0.5, 0.6) is 0 Å². The molecule has 4 nitrogen and oxygen atoms in total. The van der Waals surface area contributed by atoms with Gasteiger partial charge in [-0.2, -0.15) is 0 Å². The zero-order chi connectivity index (χ0) is 12.0. The minimum absolute atomic E-state index is 0.105. The zero-order valence-corrected chi connectivity index (χ0v) is 9.71. The maximum Gasteiger partial charge on any atom is 0.337 e. The van der Waals surface area contributed by atoms with Crippen LogP contribution in [0, 0.1) is 0 Å². The number of carbonyl (C=O) groups is 2. The number of nitrogens with one attached hydrogen (secondary N) is 1. The molecule has 86 valence electrons. The largest absolute Gasteiger partial charge is 0.478 e. The molecular weight excluding hydrogens is 226 g/mol. The maximum absolute atomic E-state index is 11.4. The number of hydrogen-bond acceptors (Lipinski definition) is 3. The molecule has 1 amide bonds. The SMILES string of the molecule is CCCSC(=O)Nc1ccccc1C(=O)O. The molecule has 0 saturated carbocycles. The highest BCUT2D eigenvalue weighted by Crippen LogP contribution is 2.17. The normalized spacial score (nSPS) is 9.81. The summed E-state index contributed by atoms with van der Waals surface area (Å²) < 4.78 is 0. The molecule has 0 aliphatic carbocycles. The van der Waals surface area contributed by atoms with Gasteiger partial charge in [0, 0.05) is 5.75 Å². The van der Waals surface area contributed by atoms with E-state index in [0.29, 0.717) is 5.69 Å². The van der Waals surface area contributed by atoms with Gasteiger partial charge in [-0.25, -0.2) is 4.79 Å². The van der Waals surface area contributed by atoms with Gasteiger partial charge in [-0.3, -0.25) is 4.79 Å². The number of carbonyl (C=O) groups excluding carboxylic acids is 1. The van der Waals surface area contributed by atoms with Crippen LogP contribution in [0.3, 0.4) is 0 Å². The van der Waals surface area contributed by atoms with Crippen molar-refractivity contribution >= 4 is 28.7 Å². The lowest BCUT2D eigenvalue weighted by Gasteiger charge is -2.07. The van der Waals surface area contributed by atoms with Crippen molar-refractivity contribution in [3.8, 4) is 0 Å². The first kappa shape index (κ1) is 12.6. The molecule has 0 heterocycles. The summed E-state index contributed by atoms with van der Waals surface area (Å²) in [6.07, 6.45) is 0.901. The van der Waals surface area contributed by atoms with Crippen LogP contribution < -0.4 is 5.32 Å². The molecule has 1 rings (SSSR count). The third-order valence-electron chi connectivity index (χ3n) is 1.83. The minimum atomic E-state index is -1.05. The van der Waals surface area contributed by atoms with Crippen molar-refractivity contribution < 1.29 is 14.7 Å². The van der Waals surface area contributed by atoms with Gasteiger partial charge in [-0.15, -0.1) is 0 Å². The van der Waals surface area contributed by atoms with Crippen molar-refractivity contribution in [2.45, 2.75) is 13.3 Å². The van der Waals surface area contributed by atoms with Crippen molar-refractivity contribution in [1.29, 1.82) is 0 Å². The topological polar surface area (TPSA) is 66.4 Å². The summed E-state index contributed by atoms with van der Waals surface area (Å²) in [7, 11) is 0. The Morgan fingerprint density at radius 1 is 1.38 bits per heavy atom. The van der Waals surface area contributed by atoms with E-state index in [9.17, 15) is 9.59 Å². The molecule has 0 aromatic heterocycles. The van der Waals surface area contributed by atoms with Gasteiger partial charge < -0.3 is 10.4 Å². The molecule has 2 N–H and O–H groups in total. The summed E-state index contributed by atoms with van der Waals surface area (Å²) in [6.45, 7) is 1.98. The number of rotatable bonds is 4. The number of benzene rings is 1. The molecule has 0 bridgehead atoms. The first-order valence-corrected chi connectivity index (χ1v) is 5.89. The van der Waals surface area contributed by atoms with E-state index in [1.54, 1.807) is 18.2 Å². The molecule has 1 aromatic carbocycles. The van der Waals surface area contributed by atoms with Crippen LogP contribution in [0.25, 0.3) is 0 Å². The number of para-hydroxylation sites is 1. The number of carboxylic acids is 1. The zero-order valence-electron chi connectivity index (χ0n) is 8.90. The molecule has 0 spiro atoms. The van der Waals surface area contributed by atoms with Gasteiger partial charge in [0.2, 0.25) is 0 Å². The van der Waals surface area contributed by atoms with Crippen LogP contribution in [0.1, 0.15) is 23.7 Å². The van der Waals surface area contributed by atoms with E-state index in [1.807, 2.05) is 6.92 Å². The van der Waals surface area contributed by atoms with E-state index in [0.717, 1.165) is 23.9 Å². The third kappa shape index (κ3) is 3.58. The van der Waals surface area contributed by atoms with Gasteiger partial charge >= 0.3 is 5.97 Å². The van der Waals surface area contributed by atoms with Crippen LogP contribution in [0.4, 0.5) is 10.5 Å². The summed E-state index contributed by atoms with van der Waals surface area (Å²) in [4.78, 5) is 22.3. The fourth-order valence-electron chi connectivity index (χ4n) is 1.12. The fraction of sp³-hybridized carbons (Fsp3) is 0.273. The molecule has 5 heteroatoms. The van der Waals surface area contributed by atoms with Gasteiger partial charge in [0.05, 0.1) is 11.3 Å². The highest BCUT2D eigenvalue weighted by Gasteiger charge is 2.11. The Labute approximate surface area is 98.0 Å². The number of aromatic carboxylic acids is 1. The fourth-order valence-corrected chi connectivity index (χ4v) is 1.69. The first-order valence-electron chi connectivity index (χ1n) is 4.91. The summed E-state index contributed by atoms with van der Waals surface area (Å²) >= 11 is 1.15. The van der Waals surface area contributed by atoms with Crippen LogP contribution >= 0.6 is 11.8 Å². The molecule has 1 aromatic rings. The summed E-state index contributed by atoms with van der Waals surface area (Å²) in [5.74, 6) is -0.322. The molecular formula is C11H13NO3S. The van der Waals surface area contributed by atoms with Gasteiger partial charge in [0.25, 0.3) is 5.24 Å². The summed E-state index contributed by atoms with van der Waals surface area (Å²) in [5, 5.41) is 11.2. The van der Waals surface area contributed by atoms with Crippen molar-refractivity contribution in [2.75, 3.05) is 11.1 Å². The molecule has 0 aliphatic heterocycles. The molecule has 0 atom stereocenters. The Morgan fingerprint density at radius 3 is 2.69 bits per heavy atom. The summed E-state index contributed by atoms with van der Waals surface area (Å²) in [6, 6.07) is 6.35. The maximum atomic E-state index is 11.4. The van der Waals surface area contributed by atoms with Gasteiger partial charge in [0.1, 0.15) is 0 Å². The molecule has 0 saturated heterocycles. The number of carboxylic acid groups (broad SMARTS) is 1. The van der Waals surface area contributed by atoms with E-state index in [-0.39, 0.29) is 10.8 Å². The van der Waals surface area contributed by atoms with Crippen LogP contribution in [-0.4, -0.2) is 22.1 Å². The van der Waals surface area contributed by atoms with E-state index in [1.165, 1.54) is 6.07 Å². The smallest absolute Gasteiger partial charge is 0.337 e. The number of hydrogen-bond donors (Lipinski definition) is 2. The Hall–Kier alpha value is -1.49. The highest BCUT2D eigenvalue weighted by molar-refractivity contribution is 8.13. The van der Waals surface area contributed by atoms with Gasteiger partial charge in [-0.1, -0.05) is 30.8 Å². The predicted molar refractivity (Wildman–Crippen MR) is 65.2 cm³/mol. The molecule has 0 unspecified atom stereocenters. The quantitative estimate of drug-likeness (QED) is 0.847. The van der Waals surface area contributed by atoms with Gasteiger partial charge in [0.15, 0.2) is 0 Å². The Kier molecular flexibility index (Phi) is 4.85. The Balaban J connectivity index is 2.73. The second-order valence-electron chi connectivity index (χ2n) is 3.11. The second-order valence-corrected chi connectivity index (χ2v) is 4.18. The first-order chi connectivity index (χ1) is 7.65. The van der Waals surface area contributed by atoms with E-state index < -0.39 is 5.97 Å². The Bertz CT molecular complexity index is 393. The van der Waals surface area contributed by atoms with Crippen LogP contribution in [-0.2, 0) is 0 Å². The van der Waals surface area contributed by atoms with Crippen molar-refractivity contribution in [3.63, 3.8) is 0 Å². The third-order valence-corrected chi connectivity index (χ3v) is 2.81. The van der Waals surface area contributed by atoms with Crippen molar-refractivity contribution in [1.82, 2.24) is 0 Å².